The third kappa shape index (κ3) is 3.98. The standard InChI is InChI=1S/C16H23F3N2/c1-3-12(2)15(21-10-8-20-9-11-21)13-4-6-14(7-5-13)16(17,18)19/h4-7,12,15,20H,3,8-11H2,1-2H3/t12?,15-/m1/s1. The Labute approximate surface area is 124 Å². The minimum atomic E-state index is -4.26. The SMILES string of the molecule is CCC(C)[C@H](c1ccc(C(F)(F)F)cc1)N1CCNCC1. The summed E-state index contributed by atoms with van der Waals surface area (Å²) in [5.41, 5.74) is 0.411. The van der Waals surface area contributed by atoms with Crippen LogP contribution in [0.3, 0.4) is 0 Å². The van der Waals surface area contributed by atoms with E-state index in [0.29, 0.717) is 5.92 Å². The van der Waals surface area contributed by atoms with Crippen molar-refractivity contribution in [2.24, 2.45) is 5.92 Å². The van der Waals surface area contributed by atoms with E-state index in [9.17, 15) is 13.2 Å². The number of alkyl halides is 3. The van der Waals surface area contributed by atoms with Crippen molar-refractivity contribution in [2.45, 2.75) is 32.5 Å². The van der Waals surface area contributed by atoms with E-state index < -0.39 is 11.7 Å². The molecule has 0 spiro atoms. The van der Waals surface area contributed by atoms with Crippen molar-refractivity contribution in [3.05, 3.63) is 35.4 Å². The minimum Gasteiger partial charge on any atom is -0.314 e. The van der Waals surface area contributed by atoms with Crippen LogP contribution in [0.15, 0.2) is 24.3 Å². The summed E-state index contributed by atoms with van der Waals surface area (Å²) in [4.78, 5) is 2.38. The van der Waals surface area contributed by atoms with Gasteiger partial charge in [-0.3, -0.25) is 4.90 Å². The number of hydrogen-bond donors (Lipinski definition) is 1. The number of hydrogen-bond acceptors (Lipinski definition) is 2. The summed E-state index contributed by atoms with van der Waals surface area (Å²) in [6.07, 6.45) is -3.25. The number of benzene rings is 1. The van der Waals surface area contributed by atoms with Crippen LogP contribution in [-0.2, 0) is 6.18 Å². The predicted molar refractivity (Wildman–Crippen MR) is 78.1 cm³/mol. The summed E-state index contributed by atoms with van der Waals surface area (Å²) in [6, 6.07) is 5.88. The van der Waals surface area contributed by atoms with Crippen molar-refractivity contribution in [2.75, 3.05) is 26.2 Å². The topological polar surface area (TPSA) is 15.3 Å². The monoisotopic (exact) mass is 300 g/mol. The minimum absolute atomic E-state index is 0.194. The zero-order chi connectivity index (χ0) is 15.5. The second-order valence-corrected chi connectivity index (χ2v) is 5.74. The van der Waals surface area contributed by atoms with Crippen molar-refractivity contribution < 1.29 is 13.2 Å². The Morgan fingerprint density at radius 2 is 1.71 bits per heavy atom. The van der Waals surface area contributed by atoms with E-state index in [1.807, 2.05) is 0 Å². The van der Waals surface area contributed by atoms with Crippen molar-refractivity contribution in [3.8, 4) is 0 Å². The highest BCUT2D eigenvalue weighted by atomic mass is 19.4. The molecular formula is C16H23F3N2. The Balaban J connectivity index is 2.24. The lowest BCUT2D eigenvalue weighted by atomic mass is 9.90. The van der Waals surface area contributed by atoms with Crippen LogP contribution in [0.25, 0.3) is 0 Å². The van der Waals surface area contributed by atoms with Crippen LogP contribution in [0.5, 0.6) is 0 Å². The third-order valence-electron chi connectivity index (χ3n) is 4.31. The lowest BCUT2D eigenvalue weighted by molar-refractivity contribution is -0.137. The summed E-state index contributed by atoms with van der Waals surface area (Å²) in [5, 5.41) is 3.32. The first kappa shape index (κ1) is 16.3. The number of piperazine rings is 1. The molecule has 1 heterocycles. The van der Waals surface area contributed by atoms with E-state index in [1.165, 1.54) is 12.1 Å². The molecule has 0 saturated carbocycles. The Bertz CT molecular complexity index is 436. The maximum absolute atomic E-state index is 12.7. The van der Waals surface area contributed by atoms with Crippen LogP contribution in [0, 0.1) is 5.92 Å². The van der Waals surface area contributed by atoms with E-state index in [0.717, 1.165) is 38.2 Å². The molecule has 0 aliphatic carbocycles. The fourth-order valence-electron chi connectivity index (χ4n) is 2.95. The molecule has 2 atom stereocenters. The molecule has 0 aromatic heterocycles. The first-order chi connectivity index (χ1) is 9.93. The maximum Gasteiger partial charge on any atom is 0.416 e. The fraction of sp³-hybridized carbons (Fsp3) is 0.625. The molecule has 2 nitrogen and oxygen atoms in total. The van der Waals surface area contributed by atoms with Gasteiger partial charge < -0.3 is 5.32 Å². The average Bonchev–Trinajstić information content (AvgIpc) is 2.48. The van der Waals surface area contributed by atoms with Crippen molar-refractivity contribution >= 4 is 0 Å². The first-order valence-corrected chi connectivity index (χ1v) is 7.55. The molecule has 5 heteroatoms. The summed E-state index contributed by atoms with van der Waals surface area (Å²) in [5.74, 6) is 0.417. The molecule has 1 unspecified atom stereocenters. The van der Waals surface area contributed by atoms with Crippen LogP contribution in [0.2, 0.25) is 0 Å². The van der Waals surface area contributed by atoms with Gasteiger partial charge in [-0.1, -0.05) is 32.4 Å². The lowest BCUT2D eigenvalue weighted by Crippen LogP contribution is -2.46. The van der Waals surface area contributed by atoms with Gasteiger partial charge in [0.2, 0.25) is 0 Å². The Morgan fingerprint density at radius 1 is 1.14 bits per heavy atom. The van der Waals surface area contributed by atoms with E-state index in [2.05, 4.69) is 24.1 Å². The normalized spacial score (nSPS) is 20.2. The molecule has 1 aliphatic heterocycles. The number of nitrogens with zero attached hydrogens (tertiary/aromatic N) is 1. The fourth-order valence-corrected chi connectivity index (χ4v) is 2.95. The largest absolute Gasteiger partial charge is 0.416 e. The maximum atomic E-state index is 12.7. The molecule has 0 radical (unpaired) electrons. The summed E-state index contributed by atoms with van der Waals surface area (Å²) in [7, 11) is 0. The van der Waals surface area contributed by atoms with Gasteiger partial charge in [0.25, 0.3) is 0 Å². The van der Waals surface area contributed by atoms with Gasteiger partial charge in [0.1, 0.15) is 0 Å². The van der Waals surface area contributed by atoms with Crippen molar-refractivity contribution in [1.29, 1.82) is 0 Å². The summed E-state index contributed by atoms with van der Waals surface area (Å²) < 4.78 is 38.0. The molecule has 118 valence electrons. The van der Waals surface area contributed by atoms with E-state index in [-0.39, 0.29) is 6.04 Å². The zero-order valence-corrected chi connectivity index (χ0v) is 12.6. The van der Waals surface area contributed by atoms with Gasteiger partial charge in [-0.25, -0.2) is 0 Å². The number of rotatable bonds is 4. The molecule has 2 rings (SSSR count). The Morgan fingerprint density at radius 3 is 2.19 bits per heavy atom. The molecular weight excluding hydrogens is 277 g/mol. The van der Waals surface area contributed by atoms with E-state index in [4.69, 9.17) is 0 Å². The first-order valence-electron chi connectivity index (χ1n) is 7.55. The molecule has 1 aromatic rings. The highest BCUT2D eigenvalue weighted by Crippen LogP contribution is 2.34. The van der Waals surface area contributed by atoms with Gasteiger partial charge in [0.15, 0.2) is 0 Å². The van der Waals surface area contributed by atoms with Crippen LogP contribution in [0.4, 0.5) is 13.2 Å². The lowest BCUT2D eigenvalue weighted by Gasteiger charge is -2.38. The average molecular weight is 300 g/mol. The third-order valence-corrected chi connectivity index (χ3v) is 4.31. The molecule has 0 amide bonds. The van der Waals surface area contributed by atoms with Crippen LogP contribution >= 0.6 is 0 Å². The Hall–Kier alpha value is -1.07. The van der Waals surface area contributed by atoms with E-state index in [1.54, 1.807) is 12.1 Å². The zero-order valence-electron chi connectivity index (χ0n) is 12.6. The predicted octanol–water partition coefficient (Wildman–Crippen LogP) is 3.70. The van der Waals surface area contributed by atoms with Crippen LogP contribution in [-0.4, -0.2) is 31.1 Å². The second-order valence-electron chi connectivity index (χ2n) is 5.74. The van der Waals surface area contributed by atoms with Gasteiger partial charge in [-0.05, 0) is 23.6 Å². The smallest absolute Gasteiger partial charge is 0.314 e. The van der Waals surface area contributed by atoms with Gasteiger partial charge in [0.05, 0.1) is 5.56 Å². The molecule has 1 fully saturated rings. The van der Waals surface area contributed by atoms with Crippen molar-refractivity contribution in [1.82, 2.24) is 10.2 Å². The number of halogens is 3. The Kier molecular flexibility index (Phi) is 5.27. The highest BCUT2D eigenvalue weighted by Gasteiger charge is 2.31. The summed E-state index contributed by atoms with van der Waals surface area (Å²) >= 11 is 0. The number of nitrogens with one attached hydrogen (secondary N) is 1. The molecule has 1 aliphatic rings. The molecule has 1 aromatic carbocycles. The summed E-state index contributed by atoms with van der Waals surface area (Å²) in [6.45, 7) is 8.06. The van der Waals surface area contributed by atoms with Gasteiger partial charge in [-0.15, -0.1) is 0 Å². The quantitative estimate of drug-likeness (QED) is 0.912. The van der Waals surface area contributed by atoms with Gasteiger partial charge in [0, 0.05) is 32.2 Å². The van der Waals surface area contributed by atoms with Crippen LogP contribution in [0.1, 0.15) is 37.4 Å². The molecule has 1 saturated heterocycles. The van der Waals surface area contributed by atoms with Crippen molar-refractivity contribution in [3.63, 3.8) is 0 Å². The highest BCUT2D eigenvalue weighted by molar-refractivity contribution is 5.27. The molecule has 0 bridgehead atoms. The van der Waals surface area contributed by atoms with E-state index >= 15 is 0 Å². The molecule has 21 heavy (non-hydrogen) atoms. The van der Waals surface area contributed by atoms with Crippen LogP contribution < -0.4 is 5.32 Å². The second kappa shape index (κ2) is 6.79. The van der Waals surface area contributed by atoms with Gasteiger partial charge in [-0.2, -0.15) is 13.2 Å². The van der Waals surface area contributed by atoms with Gasteiger partial charge >= 0.3 is 6.18 Å². The molecule has 1 N–H and O–H groups in total.